The number of carbonyl (C=O) groups is 1. The van der Waals surface area contributed by atoms with Crippen LogP contribution in [0.15, 0.2) is 101 Å². The highest BCUT2D eigenvalue weighted by Gasteiger charge is 2.15. The van der Waals surface area contributed by atoms with Gasteiger partial charge in [0.2, 0.25) is 0 Å². The van der Waals surface area contributed by atoms with Crippen molar-refractivity contribution in [3.8, 4) is 17.1 Å². The monoisotopic (exact) mass is 407 g/mol. The summed E-state index contributed by atoms with van der Waals surface area (Å²) in [5, 5.41) is 14.8. The van der Waals surface area contributed by atoms with Crippen LogP contribution in [-0.2, 0) is 0 Å². The molecule has 5 rings (SSSR count). The number of aromatic nitrogens is 2. The average molecular weight is 407 g/mol. The summed E-state index contributed by atoms with van der Waals surface area (Å²) >= 11 is 0. The van der Waals surface area contributed by atoms with Gasteiger partial charge in [-0.1, -0.05) is 36.4 Å². The van der Waals surface area contributed by atoms with E-state index < -0.39 is 5.97 Å². The Morgan fingerprint density at radius 1 is 0.968 bits per heavy atom. The summed E-state index contributed by atoms with van der Waals surface area (Å²) < 4.78 is 7.82. The first-order valence-electron chi connectivity index (χ1n) is 9.69. The van der Waals surface area contributed by atoms with Gasteiger partial charge in [-0.3, -0.25) is 4.99 Å². The van der Waals surface area contributed by atoms with E-state index >= 15 is 0 Å². The van der Waals surface area contributed by atoms with E-state index in [0.29, 0.717) is 17.1 Å². The Labute approximate surface area is 177 Å². The summed E-state index contributed by atoms with van der Waals surface area (Å²) in [6.07, 6.45) is 3.61. The molecule has 0 aliphatic rings. The minimum absolute atomic E-state index is 0.221. The molecule has 31 heavy (non-hydrogen) atoms. The molecule has 0 aliphatic carbocycles. The topological polar surface area (TPSA) is 80.6 Å². The Morgan fingerprint density at radius 2 is 1.71 bits per heavy atom. The highest BCUT2D eigenvalue weighted by atomic mass is 16.4. The number of hydrogen-bond donors (Lipinski definition) is 1. The van der Waals surface area contributed by atoms with Crippen molar-refractivity contribution in [2.45, 2.75) is 0 Å². The number of rotatable bonds is 5. The number of carboxylic acid groups (broad SMARTS) is 1. The van der Waals surface area contributed by atoms with Crippen LogP contribution < -0.4 is 0 Å². The third-order valence-corrected chi connectivity index (χ3v) is 4.89. The van der Waals surface area contributed by atoms with Crippen molar-refractivity contribution in [2.24, 2.45) is 4.99 Å². The second kappa shape index (κ2) is 7.76. The Morgan fingerprint density at radius 3 is 2.45 bits per heavy atom. The molecule has 0 saturated carbocycles. The molecular formula is C25H17N3O3. The van der Waals surface area contributed by atoms with E-state index in [0.717, 1.165) is 22.2 Å². The lowest BCUT2D eigenvalue weighted by molar-refractivity contribution is 0.0697. The van der Waals surface area contributed by atoms with Crippen molar-refractivity contribution in [2.75, 3.05) is 0 Å². The SMILES string of the molecule is O=C(O)c1ccc(N=Cc2cn(-c3ccccc3)nc2-c2cc3ccccc3o2)cc1. The van der Waals surface area contributed by atoms with E-state index in [9.17, 15) is 4.79 Å². The van der Waals surface area contributed by atoms with E-state index in [-0.39, 0.29) is 5.56 Å². The number of hydrogen-bond acceptors (Lipinski definition) is 4. The summed E-state index contributed by atoms with van der Waals surface area (Å²) in [6, 6.07) is 26.0. The molecule has 0 aliphatic heterocycles. The molecule has 2 aromatic heterocycles. The Bertz CT molecular complexity index is 1360. The maximum Gasteiger partial charge on any atom is 0.335 e. The van der Waals surface area contributed by atoms with Crippen LogP contribution in [-0.4, -0.2) is 27.1 Å². The van der Waals surface area contributed by atoms with Gasteiger partial charge in [0, 0.05) is 23.4 Å². The molecule has 0 spiro atoms. The van der Waals surface area contributed by atoms with Gasteiger partial charge in [0.05, 0.1) is 16.9 Å². The molecule has 0 unspecified atom stereocenters. The minimum atomic E-state index is -0.966. The second-order valence-corrected chi connectivity index (χ2v) is 6.97. The summed E-state index contributed by atoms with van der Waals surface area (Å²) in [6.45, 7) is 0. The van der Waals surface area contributed by atoms with Crippen LogP contribution in [0.1, 0.15) is 15.9 Å². The van der Waals surface area contributed by atoms with Gasteiger partial charge in [-0.15, -0.1) is 0 Å². The molecule has 0 fully saturated rings. The molecule has 5 aromatic rings. The van der Waals surface area contributed by atoms with Crippen molar-refractivity contribution in [3.63, 3.8) is 0 Å². The summed E-state index contributed by atoms with van der Waals surface area (Å²) in [5.41, 5.74) is 4.03. The summed E-state index contributed by atoms with van der Waals surface area (Å²) in [5.74, 6) is -0.314. The molecule has 3 aromatic carbocycles. The fourth-order valence-electron chi connectivity index (χ4n) is 3.32. The van der Waals surface area contributed by atoms with Crippen LogP contribution in [0.4, 0.5) is 5.69 Å². The molecule has 0 radical (unpaired) electrons. The van der Waals surface area contributed by atoms with Crippen molar-refractivity contribution in [3.05, 3.63) is 102 Å². The van der Waals surface area contributed by atoms with Crippen molar-refractivity contribution >= 4 is 28.8 Å². The third kappa shape index (κ3) is 3.74. The van der Waals surface area contributed by atoms with Gasteiger partial charge in [0.25, 0.3) is 0 Å². The average Bonchev–Trinajstić information content (AvgIpc) is 3.42. The maximum absolute atomic E-state index is 11.0. The van der Waals surface area contributed by atoms with E-state index in [1.54, 1.807) is 23.0 Å². The number of benzene rings is 3. The quantitative estimate of drug-likeness (QED) is 0.377. The number of para-hydroxylation sites is 2. The lowest BCUT2D eigenvalue weighted by atomic mass is 10.2. The molecule has 6 heteroatoms. The zero-order valence-electron chi connectivity index (χ0n) is 16.3. The number of aliphatic imine (C=N–C) groups is 1. The largest absolute Gasteiger partial charge is 0.478 e. The normalized spacial score (nSPS) is 11.4. The van der Waals surface area contributed by atoms with E-state index in [4.69, 9.17) is 14.6 Å². The molecule has 0 bridgehead atoms. The van der Waals surface area contributed by atoms with E-state index in [1.165, 1.54) is 12.1 Å². The lowest BCUT2D eigenvalue weighted by Crippen LogP contribution is -1.94. The van der Waals surface area contributed by atoms with Crippen LogP contribution in [0, 0.1) is 0 Å². The fourth-order valence-corrected chi connectivity index (χ4v) is 3.32. The molecule has 0 amide bonds. The van der Waals surface area contributed by atoms with Gasteiger partial charge in [-0.05, 0) is 48.5 Å². The van der Waals surface area contributed by atoms with Crippen molar-refractivity contribution in [1.29, 1.82) is 0 Å². The number of fused-ring (bicyclic) bond motifs is 1. The Kier molecular flexibility index (Phi) is 4.65. The predicted molar refractivity (Wildman–Crippen MR) is 119 cm³/mol. The van der Waals surface area contributed by atoms with Crippen LogP contribution >= 0.6 is 0 Å². The summed E-state index contributed by atoms with van der Waals surface area (Å²) in [7, 11) is 0. The van der Waals surface area contributed by atoms with Gasteiger partial charge < -0.3 is 9.52 Å². The predicted octanol–water partition coefficient (Wildman–Crippen LogP) is 5.73. The first-order chi connectivity index (χ1) is 15.2. The van der Waals surface area contributed by atoms with Gasteiger partial charge >= 0.3 is 5.97 Å². The van der Waals surface area contributed by atoms with Crippen LogP contribution in [0.3, 0.4) is 0 Å². The van der Waals surface area contributed by atoms with Crippen LogP contribution in [0.25, 0.3) is 28.1 Å². The van der Waals surface area contributed by atoms with Crippen LogP contribution in [0.5, 0.6) is 0 Å². The van der Waals surface area contributed by atoms with Gasteiger partial charge in [0.1, 0.15) is 11.3 Å². The third-order valence-electron chi connectivity index (χ3n) is 4.89. The van der Waals surface area contributed by atoms with Crippen LogP contribution in [0.2, 0.25) is 0 Å². The maximum atomic E-state index is 11.0. The molecule has 0 saturated heterocycles. The number of aromatic carboxylic acids is 1. The first kappa shape index (κ1) is 18.6. The Balaban J connectivity index is 1.57. The highest BCUT2D eigenvalue weighted by molar-refractivity contribution is 5.92. The smallest absolute Gasteiger partial charge is 0.335 e. The number of furan rings is 1. The molecular weight excluding hydrogens is 390 g/mol. The minimum Gasteiger partial charge on any atom is -0.478 e. The number of carboxylic acids is 1. The zero-order valence-corrected chi connectivity index (χ0v) is 16.3. The number of nitrogens with zero attached hydrogens (tertiary/aromatic N) is 3. The molecule has 0 atom stereocenters. The summed E-state index contributed by atoms with van der Waals surface area (Å²) in [4.78, 5) is 15.6. The van der Waals surface area contributed by atoms with Gasteiger partial charge in [-0.2, -0.15) is 5.10 Å². The first-order valence-corrected chi connectivity index (χ1v) is 9.69. The van der Waals surface area contributed by atoms with Gasteiger partial charge in [0.15, 0.2) is 5.76 Å². The van der Waals surface area contributed by atoms with Crippen molar-refractivity contribution < 1.29 is 14.3 Å². The molecule has 6 nitrogen and oxygen atoms in total. The lowest BCUT2D eigenvalue weighted by Gasteiger charge is -1.98. The van der Waals surface area contributed by atoms with Crippen molar-refractivity contribution in [1.82, 2.24) is 9.78 Å². The standard InChI is InChI=1S/C25H17N3O3/c29-25(30)17-10-12-20(13-11-17)26-15-19-16-28(21-7-2-1-3-8-21)27-24(19)23-14-18-6-4-5-9-22(18)31-23/h1-16H,(H,29,30). The Hall–Kier alpha value is -4.45. The second-order valence-electron chi connectivity index (χ2n) is 6.97. The molecule has 1 N–H and O–H groups in total. The molecule has 2 heterocycles. The zero-order chi connectivity index (χ0) is 21.2. The van der Waals surface area contributed by atoms with E-state index in [1.807, 2.05) is 66.9 Å². The molecule has 150 valence electrons. The highest BCUT2D eigenvalue weighted by Crippen LogP contribution is 2.29. The van der Waals surface area contributed by atoms with Gasteiger partial charge in [-0.25, -0.2) is 9.48 Å². The fraction of sp³-hybridized carbons (Fsp3) is 0. The van der Waals surface area contributed by atoms with E-state index in [2.05, 4.69) is 4.99 Å².